The molecule has 0 spiro atoms. The van der Waals surface area contributed by atoms with Gasteiger partial charge in [0.25, 0.3) is 0 Å². The monoisotopic (exact) mass is 240 g/mol. The van der Waals surface area contributed by atoms with E-state index in [9.17, 15) is 17.6 Å². The molecule has 0 atom stereocenters. The molecule has 2 rings (SSSR count). The lowest BCUT2D eigenvalue weighted by molar-refractivity contribution is -0.369. The fourth-order valence-electron chi connectivity index (χ4n) is 1.43. The molecule has 0 amide bonds. The summed E-state index contributed by atoms with van der Waals surface area (Å²) in [5.41, 5.74) is -1.39. The second-order valence-corrected chi connectivity index (χ2v) is 3.69. The van der Waals surface area contributed by atoms with Crippen LogP contribution in [0.4, 0.5) is 17.6 Å². The molecular weight excluding hydrogens is 236 g/mol. The summed E-state index contributed by atoms with van der Waals surface area (Å²) >= 11 is 5.58. The number of hydrogen-bond acceptors (Lipinski definition) is 1. The van der Waals surface area contributed by atoms with Gasteiger partial charge in [0.1, 0.15) is 0 Å². The molecule has 1 heterocycles. The van der Waals surface area contributed by atoms with Gasteiger partial charge in [-0.25, -0.2) is 4.74 Å². The summed E-state index contributed by atoms with van der Waals surface area (Å²) in [4.78, 5) is 0. The molecule has 1 aliphatic rings. The highest BCUT2D eigenvalue weighted by Crippen LogP contribution is 2.51. The first-order valence-electron chi connectivity index (χ1n) is 4.01. The van der Waals surface area contributed by atoms with Gasteiger partial charge in [-0.3, -0.25) is 0 Å². The molecule has 0 saturated heterocycles. The molecule has 1 nitrogen and oxygen atoms in total. The molecule has 1 aromatic carbocycles. The molecule has 82 valence electrons. The summed E-state index contributed by atoms with van der Waals surface area (Å²) in [5.74, 6) is 0. The third-order valence-corrected chi connectivity index (χ3v) is 2.59. The van der Waals surface area contributed by atoms with Crippen LogP contribution in [-0.2, 0) is 17.0 Å². The molecule has 15 heavy (non-hydrogen) atoms. The van der Waals surface area contributed by atoms with Gasteiger partial charge in [-0.1, -0.05) is 11.6 Å². The lowest BCUT2D eigenvalue weighted by Gasteiger charge is -2.10. The van der Waals surface area contributed by atoms with Crippen LogP contribution in [0.3, 0.4) is 0 Å². The quantitative estimate of drug-likeness (QED) is 0.627. The Balaban J connectivity index is 2.71. The van der Waals surface area contributed by atoms with Crippen LogP contribution in [-0.4, -0.2) is 0 Å². The number of aryl methyl sites for hydroxylation is 1. The van der Waals surface area contributed by atoms with E-state index in [-0.39, 0.29) is 5.02 Å². The zero-order valence-corrected chi connectivity index (χ0v) is 8.21. The van der Waals surface area contributed by atoms with Crippen LogP contribution < -0.4 is 0 Å². The van der Waals surface area contributed by atoms with E-state index in [0.717, 1.165) is 12.1 Å². The van der Waals surface area contributed by atoms with Crippen molar-refractivity contribution < 1.29 is 22.3 Å². The van der Waals surface area contributed by atoms with Crippen LogP contribution in [0.2, 0.25) is 5.02 Å². The summed E-state index contributed by atoms with van der Waals surface area (Å²) in [6.07, 6.45) is -7.95. The Hall–Kier alpha value is -0.810. The summed E-state index contributed by atoms with van der Waals surface area (Å²) in [7, 11) is 0. The highest BCUT2D eigenvalue weighted by molar-refractivity contribution is 6.31. The van der Waals surface area contributed by atoms with Crippen LogP contribution in [0.5, 0.6) is 0 Å². The minimum absolute atomic E-state index is 0.00900. The van der Waals surface area contributed by atoms with Crippen molar-refractivity contribution in [2.24, 2.45) is 0 Å². The van der Waals surface area contributed by atoms with E-state index in [1.807, 2.05) is 0 Å². The fraction of sp³-hybridized carbons (Fsp3) is 0.333. The lowest BCUT2D eigenvalue weighted by atomic mass is 10.1. The first-order chi connectivity index (χ1) is 6.74. The molecule has 1 aliphatic heterocycles. The normalized spacial score (nSPS) is 21.5. The molecule has 1 aromatic rings. The van der Waals surface area contributed by atoms with Gasteiger partial charge in [0, 0.05) is 5.02 Å². The maximum absolute atomic E-state index is 13.0. The van der Waals surface area contributed by atoms with E-state index < -0.39 is 23.3 Å². The topological polar surface area (TPSA) is 9.23 Å². The smallest absolute Gasteiger partial charge is 0.247 e. The molecular formula is C9H5ClF4O. The van der Waals surface area contributed by atoms with E-state index in [1.165, 1.54) is 6.92 Å². The minimum atomic E-state index is -3.99. The van der Waals surface area contributed by atoms with Gasteiger partial charge >= 0.3 is 12.2 Å². The van der Waals surface area contributed by atoms with Crippen molar-refractivity contribution in [3.05, 3.63) is 33.8 Å². The maximum Gasteiger partial charge on any atom is 0.388 e. The molecule has 0 aliphatic carbocycles. The van der Waals surface area contributed by atoms with Gasteiger partial charge in [0.2, 0.25) is 0 Å². The Kier molecular flexibility index (Phi) is 2.04. The predicted octanol–water partition coefficient (Wildman–Crippen LogP) is 3.78. The van der Waals surface area contributed by atoms with Gasteiger partial charge in [-0.15, -0.1) is 0 Å². The van der Waals surface area contributed by atoms with E-state index >= 15 is 0 Å². The lowest BCUT2D eigenvalue weighted by Crippen LogP contribution is -2.17. The van der Waals surface area contributed by atoms with Crippen molar-refractivity contribution in [1.82, 2.24) is 0 Å². The zero-order chi connectivity index (χ0) is 11.4. The van der Waals surface area contributed by atoms with Gasteiger partial charge in [-0.2, -0.15) is 17.6 Å². The molecule has 6 heteroatoms. The van der Waals surface area contributed by atoms with Crippen molar-refractivity contribution in [3.63, 3.8) is 0 Å². The van der Waals surface area contributed by atoms with Crippen LogP contribution in [0, 0.1) is 6.92 Å². The number of ether oxygens (including phenoxy) is 1. The SMILES string of the molecule is Cc1cc2c(cc1Cl)C(F)(F)OC2(F)F. The van der Waals surface area contributed by atoms with Gasteiger partial charge in [-0.05, 0) is 24.6 Å². The van der Waals surface area contributed by atoms with Crippen LogP contribution in [0.15, 0.2) is 12.1 Å². The number of fused-ring (bicyclic) bond motifs is 1. The van der Waals surface area contributed by atoms with Gasteiger partial charge in [0.05, 0.1) is 11.1 Å². The average Bonchev–Trinajstić information content (AvgIpc) is 2.21. The van der Waals surface area contributed by atoms with E-state index in [1.54, 1.807) is 0 Å². The third-order valence-electron chi connectivity index (χ3n) is 2.18. The van der Waals surface area contributed by atoms with Crippen LogP contribution in [0.25, 0.3) is 0 Å². The van der Waals surface area contributed by atoms with Crippen LogP contribution in [0.1, 0.15) is 16.7 Å². The van der Waals surface area contributed by atoms with Gasteiger partial charge < -0.3 is 0 Å². The molecule has 0 aromatic heterocycles. The predicted molar refractivity (Wildman–Crippen MR) is 45.1 cm³/mol. The number of benzene rings is 1. The molecule has 0 N–H and O–H groups in total. The van der Waals surface area contributed by atoms with Gasteiger partial charge in [0.15, 0.2) is 0 Å². The first-order valence-corrected chi connectivity index (χ1v) is 4.39. The summed E-state index contributed by atoms with van der Waals surface area (Å²) in [6, 6.07) is 1.73. The second-order valence-electron chi connectivity index (χ2n) is 3.28. The second kappa shape index (κ2) is 2.86. The number of hydrogen-bond donors (Lipinski definition) is 0. The number of rotatable bonds is 0. The number of alkyl halides is 4. The summed E-state index contributed by atoms with van der Waals surface area (Å²) in [5, 5.41) is 0.00900. The Bertz CT molecular complexity index is 391. The molecule has 0 fully saturated rings. The largest absolute Gasteiger partial charge is 0.388 e. The standard InChI is InChI=1S/C9H5ClF4O/c1-4-2-5-6(3-7(4)10)9(13,14)15-8(5,11)12/h2-3H,1H3. The highest BCUT2D eigenvalue weighted by Gasteiger charge is 2.57. The van der Waals surface area contributed by atoms with Crippen molar-refractivity contribution in [1.29, 1.82) is 0 Å². The Morgan fingerprint density at radius 1 is 1.07 bits per heavy atom. The zero-order valence-electron chi connectivity index (χ0n) is 7.45. The Labute approximate surface area is 87.6 Å². The average molecular weight is 241 g/mol. The van der Waals surface area contributed by atoms with Crippen LogP contribution >= 0.6 is 11.6 Å². The summed E-state index contributed by atoms with van der Waals surface area (Å²) < 4.78 is 55.4. The first kappa shape index (κ1) is 10.7. The van der Waals surface area contributed by atoms with E-state index in [2.05, 4.69) is 4.74 Å². The van der Waals surface area contributed by atoms with Crippen molar-refractivity contribution in [2.75, 3.05) is 0 Å². The van der Waals surface area contributed by atoms with E-state index in [0.29, 0.717) is 5.56 Å². The fourth-order valence-corrected chi connectivity index (χ4v) is 1.60. The summed E-state index contributed by atoms with van der Waals surface area (Å²) in [6.45, 7) is 1.45. The third kappa shape index (κ3) is 1.50. The van der Waals surface area contributed by atoms with Crippen molar-refractivity contribution in [2.45, 2.75) is 19.1 Å². The van der Waals surface area contributed by atoms with Crippen molar-refractivity contribution >= 4 is 11.6 Å². The van der Waals surface area contributed by atoms with Crippen molar-refractivity contribution in [3.8, 4) is 0 Å². The molecule has 0 bridgehead atoms. The Morgan fingerprint density at radius 2 is 1.53 bits per heavy atom. The molecule has 0 saturated carbocycles. The van der Waals surface area contributed by atoms with E-state index in [4.69, 9.17) is 11.6 Å². The minimum Gasteiger partial charge on any atom is -0.247 e. The molecule has 0 radical (unpaired) electrons. The maximum atomic E-state index is 13.0. The highest BCUT2D eigenvalue weighted by atomic mass is 35.5. The molecule has 0 unspecified atom stereocenters. The Morgan fingerprint density at radius 3 is 2.07 bits per heavy atom. The number of halogens is 5.